The molecule has 5 heteroatoms. The van der Waals surface area contributed by atoms with E-state index >= 15 is 0 Å². The van der Waals surface area contributed by atoms with Gasteiger partial charge in [0.25, 0.3) is 0 Å². The lowest BCUT2D eigenvalue weighted by Gasteiger charge is -2.24. The highest BCUT2D eigenvalue weighted by atomic mass is 35.5. The summed E-state index contributed by atoms with van der Waals surface area (Å²) in [6.07, 6.45) is 4.01. The van der Waals surface area contributed by atoms with Gasteiger partial charge in [-0.15, -0.1) is 0 Å². The fourth-order valence-electron chi connectivity index (χ4n) is 2.26. The van der Waals surface area contributed by atoms with Crippen LogP contribution >= 0.6 is 46.6 Å². The van der Waals surface area contributed by atoms with Crippen LogP contribution in [0.2, 0.25) is 15.1 Å². The molecule has 1 fully saturated rings. The third-order valence-corrected chi connectivity index (χ3v) is 6.16. The third kappa shape index (κ3) is 4.18. The number of thioether (sulfide) groups is 1. The number of benzene rings is 1. The van der Waals surface area contributed by atoms with Gasteiger partial charge in [0.05, 0.1) is 15.1 Å². The molecular formula is C14H18Cl3NS. The lowest BCUT2D eigenvalue weighted by Crippen LogP contribution is -2.29. The Morgan fingerprint density at radius 2 is 2.05 bits per heavy atom. The van der Waals surface area contributed by atoms with E-state index in [1.54, 1.807) is 6.07 Å². The quantitative estimate of drug-likeness (QED) is 0.719. The highest BCUT2D eigenvalue weighted by molar-refractivity contribution is 7.99. The average molecular weight is 339 g/mol. The van der Waals surface area contributed by atoms with Gasteiger partial charge in [-0.3, -0.25) is 0 Å². The summed E-state index contributed by atoms with van der Waals surface area (Å²) in [7, 11) is 0. The molecule has 0 aromatic heterocycles. The molecule has 1 heterocycles. The lowest BCUT2D eigenvalue weighted by atomic mass is 10.1. The maximum atomic E-state index is 6.25. The Hall–Kier alpha value is 0.400. The summed E-state index contributed by atoms with van der Waals surface area (Å²) < 4.78 is 0. The largest absolute Gasteiger partial charge is 0.309 e. The minimum absolute atomic E-state index is 0.185. The van der Waals surface area contributed by atoms with E-state index in [1.165, 1.54) is 25.0 Å². The van der Waals surface area contributed by atoms with Crippen molar-refractivity contribution in [2.24, 2.45) is 0 Å². The third-order valence-electron chi connectivity index (χ3n) is 3.46. The predicted molar refractivity (Wildman–Crippen MR) is 88.0 cm³/mol. The maximum Gasteiger partial charge on any atom is 0.0781 e. The second kappa shape index (κ2) is 7.42. The average Bonchev–Trinajstić information content (AvgIpc) is 2.43. The fraction of sp³-hybridized carbons (Fsp3) is 0.571. The molecule has 0 amide bonds. The smallest absolute Gasteiger partial charge is 0.0781 e. The molecule has 1 aromatic carbocycles. The van der Waals surface area contributed by atoms with Gasteiger partial charge in [0.2, 0.25) is 0 Å². The van der Waals surface area contributed by atoms with Crippen LogP contribution in [0.15, 0.2) is 12.1 Å². The van der Waals surface area contributed by atoms with Crippen molar-refractivity contribution < 1.29 is 0 Å². The van der Waals surface area contributed by atoms with Crippen LogP contribution in [0.3, 0.4) is 0 Å². The standard InChI is InChI=1S/C14H18Cl3NS/c1-9(18-8-10-4-2-3-7-19-10)11-5-6-12(15)14(17)13(11)16/h5-6,9-10,18H,2-4,7-8H2,1H3. The van der Waals surface area contributed by atoms with E-state index in [-0.39, 0.29) is 6.04 Å². The summed E-state index contributed by atoms with van der Waals surface area (Å²) in [4.78, 5) is 0. The number of halogens is 3. The predicted octanol–water partition coefficient (Wildman–Crippen LogP) is 5.58. The van der Waals surface area contributed by atoms with Crippen molar-refractivity contribution in [2.45, 2.75) is 37.5 Å². The lowest BCUT2D eigenvalue weighted by molar-refractivity contribution is 0.538. The topological polar surface area (TPSA) is 12.0 Å². The number of nitrogens with one attached hydrogen (secondary N) is 1. The molecule has 2 atom stereocenters. The SMILES string of the molecule is CC(NCC1CCCCS1)c1ccc(Cl)c(Cl)c1Cl. The first kappa shape index (κ1) is 15.8. The van der Waals surface area contributed by atoms with Crippen LogP contribution in [-0.2, 0) is 0 Å². The van der Waals surface area contributed by atoms with Gasteiger partial charge >= 0.3 is 0 Å². The van der Waals surface area contributed by atoms with E-state index in [2.05, 4.69) is 24.0 Å². The van der Waals surface area contributed by atoms with Crippen LogP contribution in [0.5, 0.6) is 0 Å². The molecular weight excluding hydrogens is 321 g/mol. The van der Waals surface area contributed by atoms with Crippen molar-refractivity contribution in [1.82, 2.24) is 5.32 Å². The Balaban J connectivity index is 1.95. The molecule has 0 saturated carbocycles. The summed E-state index contributed by atoms with van der Waals surface area (Å²) in [5.74, 6) is 1.29. The summed E-state index contributed by atoms with van der Waals surface area (Å²) in [5.41, 5.74) is 1.01. The molecule has 19 heavy (non-hydrogen) atoms. The zero-order chi connectivity index (χ0) is 13.8. The van der Waals surface area contributed by atoms with Crippen molar-refractivity contribution >= 4 is 46.6 Å². The summed E-state index contributed by atoms with van der Waals surface area (Å²) in [5, 5.41) is 5.78. The van der Waals surface area contributed by atoms with Crippen LogP contribution in [0.25, 0.3) is 0 Å². The van der Waals surface area contributed by atoms with E-state index in [9.17, 15) is 0 Å². The van der Waals surface area contributed by atoms with Gasteiger partial charge in [0, 0.05) is 17.8 Å². The van der Waals surface area contributed by atoms with Crippen LogP contribution in [0.4, 0.5) is 0 Å². The highest BCUT2D eigenvalue weighted by Crippen LogP contribution is 2.35. The summed E-state index contributed by atoms with van der Waals surface area (Å²) in [6.45, 7) is 3.13. The van der Waals surface area contributed by atoms with Crippen LogP contribution < -0.4 is 5.32 Å². The first-order chi connectivity index (χ1) is 9.09. The number of rotatable bonds is 4. The molecule has 1 N–H and O–H groups in total. The Morgan fingerprint density at radius 1 is 1.26 bits per heavy atom. The first-order valence-electron chi connectivity index (χ1n) is 6.58. The van der Waals surface area contributed by atoms with Gasteiger partial charge in [-0.05, 0) is 37.1 Å². The molecule has 1 nitrogen and oxygen atoms in total. The fourth-order valence-corrected chi connectivity index (χ4v) is 4.22. The molecule has 2 rings (SSSR count). The molecule has 0 radical (unpaired) electrons. The Labute approximate surface area is 134 Å². The van der Waals surface area contributed by atoms with Crippen molar-refractivity contribution in [2.75, 3.05) is 12.3 Å². The highest BCUT2D eigenvalue weighted by Gasteiger charge is 2.17. The number of hydrogen-bond acceptors (Lipinski definition) is 2. The molecule has 0 spiro atoms. The Bertz CT molecular complexity index is 433. The molecule has 1 aliphatic heterocycles. The Morgan fingerprint density at radius 3 is 2.74 bits per heavy atom. The normalized spacial score (nSPS) is 21.4. The van der Waals surface area contributed by atoms with Gasteiger partial charge in [0.1, 0.15) is 0 Å². The van der Waals surface area contributed by atoms with Crippen molar-refractivity contribution in [3.05, 3.63) is 32.8 Å². The molecule has 0 bridgehead atoms. The zero-order valence-electron chi connectivity index (χ0n) is 10.9. The summed E-state index contributed by atoms with van der Waals surface area (Å²) in [6, 6.07) is 3.94. The molecule has 0 aliphatic carbocycles. The monoisotopic (exact) mass is 337 g/mol. The molecule has 106 valence electrons. The minimum atomic E-state index is 0.185. The second-order valence-corrected chi connectivity index (χ2v) is 7.45. The molecule has 1 aliphatic rings. The second-order valence-electron chi connectivity index (χ2n) is 4.88. The molecule has 1 saturated heterocycles. The number of hydrogen-bond donors (Lipinski definition) is 1. The van der Waals surface area contributed by atoms with Crippen LogP contribution in [0.1, 0.15) is 37.8 Å². The molecule has 1 aromatic rings. The Kier molecular flexibility index (Phi) is 6.16. The van der Waals surface area contributed by atoms with E-state index in [0.717, 1.165) is 17.4 Å². The minimum Gasteiger partial charge on any atom is -0.309 e. The van der Waals surface area contributed by atoms with Crippen molar-refractivity contribution in [1.29, 1.82) is 0 Å². The van der Waals surface area contributed by atoms with Crippen molar-refractivity contribution in [3.8, 4) is 0 Å². The van der Waals surface area contributed by atoms with E-state index < -0.39 is 0 Å². The van der Waals surface area contributed by atoms with Gasteiger partial charge in [0.15, 0.2) is 0 Å². The van der Waals surface area contributed by atoms with Crippen LogP contribution in [0, 0.1) is 0 Å². The van der Waals surface area contributed by atoms with E-state index in [1.807, 2.05) is 6.07 Å². The van der Waals surface area contributed by atoms with E-state index in [0.29, 0.717) is 15.1 Å². The summed E-state index contributed by atoms with van der Waals surface area (Å²) >= 11 is 20.4. The van der Waals surface area contributed by atoms with E-state index in [4.69, 9.17) is 34.8 Å². The zero-order valence-corrected chi connectivity index (χ0v) is 14.0. The van der Waals surface area contributed by atoms with Gasteiger partial charge in [-0.25, -0.2) is 0 Å². The first-order valence-corrected chi connectivity index (χ1v) is 8.76. The van der Waals surface area contributed by atoms with Crippen molar-refractivity contribution in [3.63, 3.8) is 0 Å². The van der Waals surface area contributed by atoms with Crippen LogP contribution in [-0.4, -0.2) is 17.5 Å². The van der Waals surface area contributed by atoms with Gasteiger partial charge < -0.3 is 5.32 Å². The van der Waals surface area contributed by atoms with Gasteiger partial charge in [-0.1, -0.05) is 47.3 Å². The maximum absolute atomic E-state index is 6.25. The molecule has 2 unspecified atom stereocenters. The van der Waals surface area contributed by atoms with Gasteiger partial charge in [-0.2, -0.15) is 11.8 Å².